The van der Waals surface area contributed by atoms with Gasteiger partial charge in [0.2, 0.25) is 0 Å². The van der Waals surface area contributed by atoms with Gasteiger partial charge in [-0.15, -0.1) is 0 Å². The zero-order chi connectivity index (χ0) is 20.2. The van der Waals surface area contributed by atoms with Crippen molar-refractivity contribution in [1.29, 1.82) is 0 Å². The largest absolute Gasteiger partial charge is 0.469 e. The summed E-state index contributed by atoms with van der Waals surface area (Å²) in [5.41, 5.74) is 2.42. The molecule has 0 spiro atoms. The minimum absolute atomic E-state index is 0.0154. The molecule has 0 heterocycles. The highest BCUT2D eigenvalue weighted by Gasteiger charge is 2.24. The van der Waals surface area contributed by atoms with Crippen LogP contribution in [0.4, 0.5) is 4.79 Å². The van der Waals surface area contributed by atoms with Gasteiger partial charge < -0.3 is 19.5 Å². The van der Waals surface area contributed by atoms with Crippen LogP contribution in [0.25, 0.3) is 0 Å². The molecule has 0 radical (unpaired) electrons. The molecule has 0 aromatic heterocycles. The highest BCUT2D eigenvalue weighted by Crippen LogP contribution is 2.15. The molecule has 150 valence electrons. The molecule has 0 unspecified atom stereocenters. The number of alkyl carbamates (subject to hydrolysis) is 1. The molecule has 7 nitrogen and oxygen atoms in total. The Bertz CT molecular complexity index is 619. The minimum Gasteiger partial charge on any atom is -0.469 e. The van der Waals surface area contributed by atoms with Crippen molar-refractivity contribution in [2.24, 2.45) is 0 Å². The number of benzene rings is 1. The molecule has 0 saturated heterocycles. The van der Waals surface area contributed by atoms with Crippen molar-refractivity contribution in [3.63, 3.8) is 0 Å². The number of hydrogen-bond acceptors (Lipinski definition) is 7. The molecule has 0 fully saturated rings. The molecular formula is C19H27NO6S. The number of amides is 1. The van der Waals surface area contributed by atoms with E-state index in [0.717, 1.165) is 5.75 Å². The molecule has 1 N–H and O–H groups in total. The Labute approximate surface area is 164 Å². The van der Waals surface area contributed by atoms with E-state index in [1.165, 1.54) is 25.3 Å². The summed E-state index contributed by atoms with van der Waals surface area (Å²) < 4.78 is 14.4. The molecule has 0 aliphatic rings. The number of esters is 2. The van der Waals surface area contributed by atoms with Crippen molar-refractivity contribution in [3.8, 4) is 0 Å². The second-order valence-corrected chi connectivity index (χ2v) is 7.08. The Balaban J connectivity index is 2.38. The van der Waals surface area contributed by atoms with Gasteiger partial charge in [0.25, 0.3) is 0 Å². The quantitative estimate of drug-likeness (QED) is 0.479. The highest BCUT2D eigenvalue weighted by atomic mass is 32.2. The van der Waals surface area contributed by atoms with Crippen LogP contribution < -0.4 is 5.32 Å². The maximum atomic E-state index is 12.0. The van der Waals surface area contributed by atoms with Crippen LogP contribution in [0, 0.1) is 6.92 Å². The van der Waals surface area contributed by atoms with Gasteiger partial charge in [0, 0.05) is 17.9 Å². The van der Waals surface area contributed by atoms with Crippen LogP contribution in [0.1, 0.15) is 30.9 Å². The summed E-state index contributed by atoms with van der Waals surface area (Å²) in [5, 5.41) is 2.44. The Morgan fingerprint density at radius 2 is 1.78 bits per heavy atom. The Morgan fingerprint density at radius 3 is 2.37 bits per heavy atom. The zero-order valence-electron chi connectivity index (χ0n) is 16.2. The van der Waals surface area contributed by atoms with Crippen LogP contribution in [-0.4, -0.2) is 50.2 Å². The number of thioether (sulfide) groups is 1. The van der Waals surface area contributed by atoms with Gasteiger partial charge in [0.1, 0.15) is 12.1 Å². The van der Waals surface area contributed by atoms with E-state index in [4.69, 9.17) is 4.74 Å². The maximum absolute atomic E-state index is 12.0. The first-order valence-corrected chi connectivity index (χ1v) is 9.76. The van der Waals surface area contributed by atoms with Gasteiger partial charge in [-0.3, -0.25) is 4.79 Å². The van der Waals surface area contributed by atoms with Crippen molar-refractivity contribution in [1.82, 2.24) is 5.32 Å². The third-order valence-corrected chi connectivity index (χ3v) is 4.94. The van der Waals surface area contributed by atoms with Crippen LogP contribution in [0.15, 0.2) is 24.3 Å². The number of methoxy groups -OCH3 is 2. The third-order valence-electron chi connectivity index (χ3n) is 3.69. The fourth-order valence-electron chi connectivity index (χ4n) is 2.18. The van der Waals surface area contributed by atoms with Gasteiger partial charge in [-0.2, -0.15) is 11.8 Å². The summed E-state index contributed by atoms with van der Waals surface area (Å²) in [6.45, 7) is 3.82. The summed E-state index contributed by atoms with van der Waals surface area (Å²) in [6, 6.07) is 7.30. The van der Waals surface area contributed by atoms with Gasteiger partial charge in [0.05, 0.1) is 14.2 Å². The topological polar surface area (TPSA) is 90.9 Å². The first kappa shape index (κ1) is 22.8. The lowest BCUT2D eigenvalue weighted by Crippen LogP contribution is -2.43. The molecule has 8 heteroatoms. The Kier molecular flexibility index (Phi) is 10.3. The normalized spacial score (nSPS) is 12.6. The average molecular weight is 397 g/mol. The van der Waals surface area contributed by atoms with E-state index >= 15 is 0 Å². The number of nitrogens with one attached hydrogen (secondary N) is 1. The molecule has 0 saturated carbocycles. The predicted octanol–water partition coefficient (Wildman–Crippen LogP) is 2.84. The van der Waals surface area contributed by atoms with E-state index in [2.05, 4.69) is 39.1 Å². The SMILES string of the molecule is COC(=O)CC[C@H](NC(=O)O[C@H](C)CSCc1ccc(C)cc1)C(=O)OC. The first-order valence-electron chi connectivity index (χ1n) is 8.60. The van der Waals surface area contributed by atoms with Gasteiger partial charge in [-0.1, -0.05) is 29.8 Å². The Hall–Kier alpha value is -2.22. The number of carbonyl (C=O) groups is 3. The lowest BCUT2D eigenvalue weighted by Gasteiger charge is -2.18. The highest BCUT2D eigenvalue weighted by molar-refractivity contribution is 7.98. The van der Waals surface area contributed by atoms with Crippen molar-refractivity contribution < 1.29 is 28.6 Å². The van der Waals surface area contributed by atoms with Crippen molar-refractivity contribution in [2.75, 3.05) is 20.0 Å². The molecule has 1 aromatic rings. The van der Waals surface area contributed by atoms with Gasteiger partial charge in [-0.05, 0) is 25.8 Å². The number of aryl methyl sites for hydroxylation is 1. The van der Waals surface area contributed by atoms with E-state index in [1.807, 2.05) is 6.92 Å². The molecule has 1 rings (SSSR count). The molecule has 2 atom stereocenters. The van der Waals surface area contributed by atoms with E-state index in [-0.39, 0.29) is 18.9 Å². The summed E-state index contributed by atoms with van der Waals surface area (Å²) >= 11 is 1.65. The average Bonchev–Trinajstić information content (AvgIpc) is 2.65. The van der Waals surface area contributed by atoms with Gasteiger partial charge >= 0.3 is 18.0 Å². The van der Waals surface area contributed by atoms with Gasteiger partial charge in [-0.25, -0.2) is 9.59 Å². The molecule has 0 bridgehead atoms. The van der Waals surface area contributed by atoms with Crippen LogP contribution in [0.2, 0.25) is 0 Å². The van der Waals surface area contributed by atoms with Crippen molar-refractivity contribution >= 4 is 29.8 Å². The lowest BCUT2D eigenvalue weighted by molar-refractivity contribution is -0.144. The Morgan fingerprint density at radius 1 is 1.11 bits per heavy atom. The van der Waals surface area contributed by atoms with E-state index < -0.39 is 24.1 Å². The first-order chi connectivity index (χ1) is 12.8. The molecular weight excluding hydrogens is 370 g/mol. The monoisotopic (exact) mass is 397 g/mol. The number of ether oxygens (including phenoxy) is 3. The van der Waals surface area contributed by atoms with Crippen molar-refractivity contribution in [3.05, 3.63) is 35.4 Å². The van der Waals surface area contributed by atoms with Crippen molar-refractivity contribution in [2.45, 2.75) is 44.6 Å². The maximum Gasteiger partial charge on any atom is 0.408 e. The van der Waals surface area contributed by atoms with E-state index in [1.54, 1.807) is 18.7 Å². The smallest absolute Gasteiger partial charge is 0.408 e. The summed E-state index contributed by atoms with van der Waals surface area (Å²) in [4.78, 5) is 35.0. The number of hydrogen-bond donors (Lipinski definition) is 1. The fraction of sp³-hybridized carbons (Fsp3) is 0.526. The second kappa shape index (κ2) is 12.2. The zero-order valence-corrected chi connectivity index (χ0v) is 17.0. The molecule has 1 amide bonds. The minimum atomic E-state index is -0.964. The molecule has 1 aromatic carbocycles. The molecule has 0 aliphatic carbocycles. The van der Waals surface area contributed by atoms with Crippen LogP contribution in [0.3, 0.4) is 0 Å². The summed E-state index contributed by atoms with van der Waals surface area (Å²) in [7, 11) is 2.47. The van der Waals surface area contributed by atoms with Crippen LogP contribution >= 0.6 is 11.8 Å². The van der Waals surface area contributed by atoms with Crippen LogP contribution in [-0.2, 0) is 29.6 Å². The number of carbonyl (C=O) groups excluding carboxylic acids is 3. The predicted molar refractivity (Wildman–Crippen MR) is 103 cm³/mol. The van der Waals surface area contributed by atoms with E-state index in [9.17, 15) is 14.4 Å². The fourth-order valence-corrected chi connectivity index (χ4v) is 3.12. The second-order valence-electron chi connectivity index (χ2n) is 6.05. The lowest BCUT2D eigenvalue weighted by atomic mass is 10.1. The number of rotatable bonds is 10. The molecule has 27 heavy (non-hydrogen) atoms. The summed E-state index contributed by atoms with van der Waals surface area (Å²) in [5.74, 6) is 0.323. The van der Waals surface area contributed by atoms with E-state index in [0.29, 0.717) is 5.75 Å². The third kappa shape index (κ3) is 9.33. The summed E-state index contributed by atoms with van der Waals surface area (Å²) in [6.07, 6.45) is -0.998. The van der Waals surface area contributed by atoms with Crippen LogP contribution in [0.5, 0.6) is 0 Å². The van der Waals surface area contributed by atoms with Gasteiger partial charge in [0.15, 0.2) is 0 Å². The standard InChI is InChI=1S/C19H27NO6S/c1-13-5-7-15(8-6-13)12-27-11-14(2)26-19(23)20-16(18(22)25-4)9-10-17(21)24-3/h5-8,14,16H,9-12H2,1-4H3,(H,20,23)/t14-,16+/m1/s1. The molecule has 0 aliphatic heterocycles.